The third-order valence-electron chi connectivity index (χ3n) is 2.88. The molecule has 2 heterocycles. The van der Waals surface area contributed by atoms with Gasteiger partial charge in [-0.1, -0.05) is 0 Å². The number of H-pyrrole nitrogens is 1. The molecule has 1 aliphatic rings. The molecule has 0 aromatic carbocycles. The Morgan fingerprint density at radius 2 is 2.10 bits per heavy atom. The van der Waals surface area contributed by atoms with E-state index in [0.29, 0.717) is 26.3 Å². The van der Waals surface area contributed by atoms with Gasteiger partial charge in [-0.3, -0.25) is 10.5 Å². The van der Waals surface area contributed by atoms with Crippen molar-refractivity contribution in [2.75, 3.05) is 26.3 Å². The van der Waals surface area contributed by atoms with Crippen molar-refractivity contribution in [2.45, 2.75) is 6.18 Å². The third kappa shape index (κ3) is 3.10. The van der Waals surface area contributed by atoms with E-state index in [1.165, 1.54) is 6.08 Å². The van der Waals surface area contributed by atoms with Crippen molar-refractivity contribution in [1.82, 2.24) is 15.1 Å². The molecule has 0 unspecified atom stereocenters. The van der Waals surface area contributed by atoms with E-state index in [1.807, 2.05) is 5.10 Å². The van der Waals surface area contributed by atoms with Crippen molar-refractivity contribution in [3.63, 3.8) is 0 Å². The Morgan fingerprint density at radius 3 is 2.70 bits per heavy atom. The summed E-state index contributed by atoms with van der Waals surface area (Å²) in [5.74, 6) is 0.0557. The predicted octanol–water partition coefficient (Wildman–Crippen LogP) is 1.04. The molecule has 0 spiro atoms. The average molecular weight is 289 g/mol. The Balaban J connectivity index is 2.18. The number of alkyl halides is 3. The molecule has 2 rings (SSSR count). The van der Waals surface area contributed by atoms with Gasteiger partial charge in [0.15, 0.2) is 0 Å². The Kier molecular flexibility index (Phi) is 3.98. The van der Waals surface area contributed by atoms with Gasteiger partial charge in [0, 0.05) is 30.4 Å². The van der Waals surface area contributed by atoms with Crippen LogP contribution in [0.25, 0.3) is 5.70 Å². The number of ether oxygens (including phenoxy) is 1. The van der Waals surface area contributed by atoms with Crippen LogP contribution in [0.4, 0.5) is 13.2 Å². The van der Waals surface area contributed by atoms with E-state index in [-0.39, 0.29) is 17.1 Å². The van der Waals surface area contributed by atoms with E-state index < -0.39 is 11.9 Å². The van der Waals surface area contributed by atoms with Crippen LogP contribution < -0.4 is 5.73 Å². The van der Waals surface area contributed by atoms with Crippen LogP contribution in [0, 0.1) is 5.41 Å². The normalized spacial score (nSPS) is 17.4. The van der Waals surface area contributed by atoms with E-state index in [0.717, 1.165) is 6.20 Å². The molecule has 0 bridgehead atoms. The Bertz CT molecular complexity index is 516. The summed E-state index contributed by atoms with van der Waals surface area (Å²) in [5, 5.41) is 13.1. The fraction of sp³-hybridized carbons (Fsp3) is 0.455. The lowest BCUT2D eigenvalue weighted by Gasteiger charge is -2.27. The first kappa shape index (κ1) is 14.4. The molecule has 0 atom stereocenters. The first-order valence-electron chi connectivity index (χ1n) is 5.89. The molecule has 0 saturated carbocycles. The number of hydrogen-bond donors (Lipinski definition) is 3. The molecule has 1 saturated heterocycles. The van der Waals surface area contributed by atoms with Crippen molar-refractivity contribution in [2.24, 2.45) is 5.73 Å². The number of aromatic amines is 1. The first-order chi connectivity index (χ1) is 9.39. The monoisotopic (exact) mass is 289 g/mol. The van der Waals surface area contributed by atoms with Gasteiger partial charge in [-0.05, 0) is 0 Å². The Hall–Kier alpha value is -2.03. The number of hydrogen-bond acceptors (Lipinski definition) is 4. The molecule has 0 aliphatic carbocycles. The number of halogens is 3. The number of amidine groups is 1. The summed E-state index contributed by atoms with van der Waals surface area (Å²) in [6.07, 6.45) is -2.36. The maximum absolute atomic E-state index is 12.7. The van der Waals surface area contributed by atoms with E-state index >= 15 is 0 Å². The highest BCUT2D eigenvalue weighted by Gasteiger charge is 2.36. The van der Waals surface area contributed by atoms with Gasteiger partial charge in [-0.2, -0.15) is 18.3 Å². The van der Waals surface area contributed by atoms with Crippen molar-refractivity contribution in [3.8, 4) is 0 Å². The lowest BCUT2D eigenvalue weighted by Crippen LogP contribution is -2.39. The molecule has 1 aromatic heterocycles. The van der Waals surface area contributed by atoms with Crippen molar-refractivity contribution in [1.29, 1.82) is 5.41 Å². The molecule has 0 amide bonds. The molecule has 0 radical (unpaired) electrons. The second kappa shape index (κ2) is 5.53. The highest BCUT2D eigenvalue weighted by atomic mass is 19.4. The Morgan fingerprint density at radius 1 is 1.45 bits per heavy atom. The van der Waals surface area contributed by atoms with Gasteiger partial charge in [-0.25, -0.2) is 0 Å². The summed E-state index contributed by atoms with van der Waals surface area (Å²) >= 11 is 0. The molecule has 4 N–H and O–H groups in total. The minimum Gasteiger partial charge on any atom is -0.398 e. The summed E-state index contributed by atoms with van der Waals surface area (Å²) in [5.41, 5.74) is 4.23. The fourth-order valence-electron chi connectivity index (χ4n) is 1.84. The Labute approximate surface area is 112 Å². The maximum Gasteiger partial charge on any atom is 0.433 e. The van der Waals surface area contributed by atoms with Crippen molar-refractivity contribution >= 4 is 11.5 Å². The van der Waals surface area contributed by atoms with Crippen molar-refractivity contribution < 1.29 is 17.9 Å². The molecule has 6 nitrogen and oxygen atoms in total. The van der Waals surface area contributed by atoms with E-state index in [1.54, 1.807) is 4.90 Å². The number of nitrogens with two attached hydrogens (primary N) is 1. The first-order valence-corrected chi connectivity index (χ1v) is 5.89. The van der Waals surface area contributed by atoms with Gasteiger partial charge in [0.25, 0.3) is 0 Å². The molecule has 1 fully saturated rings. The highest BCUT2D eigenvalue weighted by molar-refractivity contribution is 5.96. The van der Waals surface area contributed by atoms with Crippen LogP contribution in [0.5, 0.6) is 0 Å². The van der Waals surface area contributed by atoms with E-state index in [2.05, 4.69) is 5.10 Å². The van der Waals surface area contributed by atoms with Crippen LogP contribution in [-0.2, 0) is 10.9 Å². The van der Waals surface area contributed by atoms with Gasteiger partial charge in [0.2, 0.25) is 0 Å². The fourth-order valence-corrected chi connectivity index (χ4v) is 1.84. The second-order valence-corrected chi connectivity index (χ2v) is 4.24. The van der Waals surface area contributed by atoms with Crippen LogP contribution in [-0.4, -0.2) is 47.2 Å². The number of nitrogens with one attached hydrogen (secondary N) is 2. The van der Waals surface area contributed by atoms with Gasteiger partial charge in [0.05, 0.1) is 19.4 Å². The lowest BCUT2D eigenvalue weighted by molar-refractivity contribution is -0.141. The minimum absolute atomic E-state index is 0.0557. The van der Waals surface area contributed by atoms with Crippen LogP contribution in [0.1, 0.15) is 11.3 Å². The highest BCUT2D eigenvalue weighted by Crippen LogP contribution is 2.31. The summed E-state index contributed by atoms with van der Waals surface area (Å²) in [6.45, 7) is 1.99. The molecular weight excluding hydrogens is 275 g/mol. The van der Waals surface area contributed by atoms with Gasteiger partial charge in [-0.15, -0.1) is 0 Å². The van der Waals surface area contributed by atoms with Crippen molar-refractivity contribution in [3.05, 3.63) is 23.5 Å². The zero-order valence-corrected chi connectivity index (χ0v) is 10.5. The predicted molar refractivity (Wildman–Crippen MR) is 65.9 cm³/mol. The molecule has 1 aliphatic heterocycles. The maximum atomic E-state index is 12.7. The van der Waals surface area contributed by atoms with Gasteiger partial charge in [0.1, 0.15) is 11.5 Å². The summed E-state index contributed by atoms with van der Waals surface area (Å²) < 4.78 is 43.2. The largest absolute Gasteiger partial charge is 0.433 e. The summed E-state index contributed by atoms with van der Waals surface area (Å²) in [7, 11) is 0. The third-order valence-corrected chi connectivity index (χ3v) is 2.88. The van der Waals surface area contributed by atoms with E-state index in [9.17, 15) is 13.2 Å². The van der Waals surface area contributed by atoms with Crippen LogP contribution in [0.15, 0.2) is 12.3 Å². The zero-order chi connectivity index (χ0) is 14.8. The molecule has 1 aromatic rings. The van der Waals surface area contributed by atoms with Crippen LogP contribution >= 0.6 is 0 Å². The number of rotatable bonds is 2. The van der Waals surface area contributed by atoms with Gasteiger partial charge >= 0.3 is 6.18 Å². The smallest absolute Gasteiger partial charge is 0.398 e. The lowest BCUT2D eigenvalue weighted by atomic mass is 10.1. The summed E-state index contributed by atoms with van der Waals surface area (Å²) in [6, 6.07) is 0. The SMILES string of the molecule is N=C(C=C(N)c1cn[nH]c1C(F)(F)F)N1CCOCC1. The summed E-state index contributed by atoms with van der Waals surface area (Å²) in [4.78, 5) is 1.68. The topological polar surface area (TPSA) is 91.0 Å². The second-order valence-electron chi connectivity index (χ2n) is 4.24. The van der Waals surface area contributed by atoms with Crippen LogP contribution in [0.3, 0.4) is 0 Å². The molecular formula is C11H14F3N5O. The number of nitrogens with zero attached hydrogens (tertiary/aromatic N) is 2. The molecule has 110 valence electrons. The number of morpholine rings is 1. The minimum atomic E-state index is -4.56. The average Bonchev–Trinajstić information content (AvgIpc) is 2.89. The van der Waals surface area contributed by atoms with E-state index in [4.69, 9.17) is 15.9 Å². The number of aromatic nitrogens is 2. The van der Waals surface area contributed by atoms with Gasteiger partial charge < -0.3 is 15.4 Å². The molecule has 9 heteroatoms. The quantitative estimate of drug-likeness (QED) is 0.560. The van der Waals surface area contributed by atoms with Crippen LogP contribution in [0.2, 0.25) is 0 Å². The standard InChI is InChI=1S/C11H14F3N5O/c12-11(13,14)10-7(6-17-18-10)8(15)5-9(16)19-1-3-20-4-2-19/h5-6,16H,1-4,15H2,(H,17,18). The molecule has 20 heavy (non-hydrogen) atoms. The zero-order valence-electron chi connectivity index (χ0n) is 10.5.